The number of amides is 2. The summed E-state index contributed by atoms with van der Waals surface area (Å²) in [5.74, 6) is 1.43. The highest BCUT2D eigenvalue weighted by molar-refractivity contribution is 6.36. The molecular weight excluding hydrogens is 545 g/mol. The molecule has 0 unspecified atom stereocenters. The van der Waals surface area contributed by atoms with E-state index in [0.717, 1.165) is 11.4 Å². The summed E-state index contributed by atoms with van der Waals surface area (Å²) in [6.07, 6.45) is 0. The van der Waals surface area contributed by atoms with Gasteiger partial charge in [-0.05, 0) is 48.5 Å². The van der Waals surface area contributed by atoms with Gasteiger partial charge in [0.25, 0.3) is 5.91 Å². The van der Waals surface area contributed by atoms with E-state index in [0.29, 0.717) is 65.6 Å². The zero-order valence-corrected chi connectivity index (χ0v) is 22.8. The molecule has 2 aliphatic rings. The Balaban J connectivity index is 1.19. The first kappa shape index (κ1) is 27.0. The number of hydrogen-bond donors (Lipinski definition) is 0. The summed E-state index contributed by atoms with van der Waals surface area (Å²) in [6.45, 7) is 2.86. The molecule has 12 heteroatoms. The van der Waals surface area contributed by atoms with Gasteiger partial charge < -0.3 is 28.9 Å². The molecule has 0 bridgehead atoms. The Kier molecular flexibility index (Phi) is 8.35. The molecule has 10 nitrogen and oxygen atoms in total. The Bertz CT molecular complexity index is 1350. The molecule has 2 aromatic carbocycles. The van der Waals surface area contributed by atoms with Crippen LogP contribution in [-0.4, -0.2) is 91.6 Å². The SMILES string of the molecule is COCCN(CC(=O)N1CCN(c2ccc(-c3ccc(Cl)cc3Cl)nn2)CC1)C(=O)c1ccc2c(c1)OCO2. The van der Waals surface area contributed by atoms with E-state index >= 15 is 0 Å². The van der Waals surface area contributed by atoms with Crippen LogP contribution < -0.4 is 14.4 Å². The smallest absolute Gasteiger partial charge is 0.254 e. The predicted molar refractivity (Wildman–Crippen MR) is 147 cm³/mol. The van der Waals surface area contributed by atoms with E-state index in [9.17, 15) is 9.59 Å². The Morgan fingerprint density at radius 2 is 1.77 bits per heavy atom. The molecule has 2 amide bonds. The van der Waals surface area contributed by atoms with Gasteiger partial charge in [0.15, 0.2) is 17.3 Å². The molecule has 39 heavy (non-hydrogen) atoms. The van der Waals surface area contributed by atoms with Crippen LogP contribution in [0.3, 0.4) is 0 Å². The molecule has 0 N–H and O–H groups in total. The first-order valence-corrected chi connectivity index (χ1v) is 13.2. The molecule has 0 saturated carbocycles. The van der Waals surface area contributed by atoms with Crippen molar-refractivity contribution >= 4 is 40.8 Å². The number of rotatable bonds is 8. The third kappa shape index (κ3) is 6.19. The van der Waals surface area contributed by atoms with Crippen molar-refractivity contribution in [2.24, 2.45) is 0 Å². The topological polar surface area (TPSA) is 97.3 Å². The van der Waals surface area contributed by atoms with Gasteiger partial charge in [-0.1, -0.05) is 23.2 Å². The van der Waals surface area contributed by atoms with E-state index in [4.69, 9.17) is 37.4 Å². The van der Waals surface area contributed by atoms with Crippen molar-refractivity contribution in [3.05, 3.63) is 64.1 Å². The maximum absolute atomic E-state index is 13.2. The van der Waals surface area contributed by atoms with Crippen LogP contribution in [0.2, 0.25) is 10.0 Å². The van der Waals surface area contributed by atoms with Crippen LogP contribution in [0, 0.1) is 0 Å². The van der Waals surface area contributed by atoms with Crippen LogP contribution in [0.1, 0.15) is 10.4 Å². The lowest BCUT2D eigenvalue weighted by molar-refractivity contribution is -0.132. The van der Waals surface area contributed by atoms with Gasteiger partial charge in [0.2, 0.25) is 12.7 Å². The molecule has 0 aliphatic carbocycles. The second kappa shape index (κ2) is 12.1. The second-order valence-electron chi connectivity index (χ2n) is 9.06. The van der Waals surface area contributed by atoms with E-state index < -0.39 is 0 Å². The molecule has 0 atom stereocenters. The van der Waals surface area contributed by atoms with Gasteiger partial charge in [0, 0.05) is 56.0 Å². The fourth-order valence-electron chi connectivity index (χ4n) is 4.45. The number of methoxy groups -OCH3 is 1. The number of carbonyl (C=O) groups is 2. The zero-order valence-electron chi connectivity index (χ0n) is 21.3. The molecule has 204 valence electrons. The van der Waals surface area contributed by atoms with Crippen molar-refractivity contribution in [3.8, 4) is 22.8 Å². The van der Waals surface area contributed by atoms with Gasteiger partial charge >= 0.3 is 0 Å². The van der Waals surface area contributed by atoms with Crippen LogP contribution in [0.15, 0.2) is 48.5 Å². The van der Waals surface area contributed by atoms with Crippen molar-refractivity contribution in [2.45, 2.75) is 0 Å². The lowest BCUT2D eigenvalue weighted by Crippen LogP contribution is -2.52. The molecule has 1 saturated heterocycles. The summed E-state index contributed by atoms with van der Waals surface area (Å²) in [6, 6.07) is 14.0. The highest BCUT2D eigenvalue weighted by atomic mass is 35.5. The normalized spacial score (nSPS) is 14.4. The minimum atomic E-state index is -0.270. The van der Waals surface area contributed by atoms with Crippen LogP contribution in [0.4, 0.5) is 5.82 Å². The van der Waals surface area contributed by atoms with Gasteiger partial charge in [-0.2, -0.15) is 0 Å². The number of fused-ring (bicyclic) bond motifs is 1. The number of ether oxygens (including phenoxy) is 3. The number of aromatic nitrogens is 2. The lowest BCUT2D eigenvalue weighted by Gasteiger charge is -2.36. The highest BCUT2D eigenvalue weighted by Crippen LogP contribution is 2.33. The number of carbonyl (C=O) groups excluding carboxylic acids is 2. The van der Waals surface area contributed by atoms with Gasteiger partial charge in [0.1, 0.15) is 6.54 Å². The van der Waals surface area contributed by atoms with Crippen molar-refractivity contribution in [3.63, 3.8) is 0 Å². The monoisotopic (exact) mass is 571 g/mol. The number of halogens is 2. The lowest BCUT2D eigenvalue weighted by atomic mass is 10.1. The second-order valence-corrected chi connectivity index (χ2v) is 9.90. The van der Waals surface area contributed by atoms with E-state index in [2.05, 4.69) is 15.1 Å². The Morgan fingerprint density at radius 3 is 2.49 bits per heavy atom. The van der Waals surface area contributed by atoms with Crippen molar-refractivity contribution in [1.29, 1.82) is 0 Å². The fourth-order valence-corrected chi connectivity index (χ4v) is 4.95. The molecule has 1 fully saturated rings. The number of piperazine rings is 1. The van der Waals surface area contributed by atoms with Crippen LogP contribution in [0.25, 0.3) is 11.3 Å². The molecule has 0 spiro atoms. The molecule has 3 aromatic rings. The first-order chi connectivity index (χ1) is 18.9. The van der Waals surface area contributed by atoms with Gasteiger partial charge in [-0.25, -0.2) is 0 Å². The van der Waals surface area contributed by atoms with Crippen LogP contribution in [0.5, 0.6) is 11.5 Å². The average molecular weight is 572 g/mol. The minimum Gasteiger partial charge on any atom is -0.454 e. The van der Waals surface area contributed by atoms with Gasteiger partial charge in [-0.3, -0.25) is 9.59 Å². The van der Waals surface area contributed by atoms with Gasteiger partial charge in [-0.15, -0.1) is 10.2 Å². The summed E-state index contributed by atoms with van der Waals surface area (Å²) in [4.78, 5) is 31.8. The predicted octanol–water partition coefficient (Wildman–Crippen LogP) is 3.62. The highest BCUT2D eigenvalue weighted by Gasteiger charge is 2.27. The van der Waals surface area contributed by atoms with Crippen LogP contribution >= 0.6 is 23.2 Å². The molecule has 1 aromatic heterocycles. The molecule has 5 rings (SSSR count). The van der Waals surface area contributed by atoms with E-state index in [1.54, 1.807) is 42.3 Å². The average Bonchev–Trinajstić information content (AvgIpc) is 3.43. The largest absolute Gasteiger partial charge is 0.454 e. The zero-order chi connectivity index (χ0) is 27.4. The Hall–Kier alpha value is -3.60. The van der Waals surface area contributed by atoms with E-state index in [1.165, 1.54) is 4.90 Å². The summed E-state index contributed by atoms with van der Waals surface area (Å²) in [5, 5.41) is 9.77. The standard InChI is InChI=1S/C27H27Cl2N5O5/c1-37-13-12-34(27(36)18-2-6-23-24(14-18)39-17-38-23)16-26(35)33-10-8-32(9-11-33)25-7-5-22(30-31-25)20-4-3-19(28)15-21(20)29/h2-7,14-15H,8-13,16-17H2,1H3. The third-order valence-corrected chi connectivity index (χ3v) is 7.16. The maximum atomic E-state index is 13.2. The molecule has 0 radical (unpaired) electrons. The first-order valence-electron chi connectivity index (χ1n) is 12.4. The molecule has 3 heterocycles. The fraction of sp³-hybridized carbons (Fsp3) is 0.333. The summed E-state index contributed by atoms with van der Waals surface area (Å²) < 4.78 is 15.9. The minimum absolute atomic E-state index is 0.0486. The maximum Gasteiger partial charge on any atom is 0.254 e. The summed E-state index contributed by atoms with van der Waals surface area (Å²) in [7, 11) is 1.56. The number of nitrogens with zero attached hydrogens (tertiary/aromatic N) is 5. The van der Waals surface area contributed by atoms with Crippen molar-refractivity contribution < 1.29 is 23.8 Å². The van der Waals surface area contributed by atoms with Crippen LogP contribution in [-0.2, 0) is 9.53 Å². The van der Waals surface area contributed by atoms with E-state index in [1.807, 2.05) is 18.2 Å². The quantitative estimate of drug-likeness (QED) is 0.404. The van der Waals surface area contributed by atoms with Crippen molar-refractivity contribution in [1.82, 2.24) is 20.0 Å². The number of hydrogen-bond acceptors (Lipinski definition) is 8. The molecular formula is C27H27Cl2N5O5. The number of anilines is 1. The Labute approximate surface area is 236 Å². The summed E-state index contributed by atoms with van der Waals surface area (Å²) in [5.41, 5.74) is 1.83. The Morgan fingerprint density at radius 1 is 0.974 bits per heavy atom. The van der Waals surface area contributed by atoms with E-state index in [-0.39, 0.29) is 31.7 Å². The molecule has 2 aliphatic heterocycles. The van der Waals surface area contributed by atoms with Crippen molar-refractivity contribution in [2.75, 3.05) is 64.7 Å². The summed E-state index contributed by atoms with van der Waals surface area (Å²) >= 11 is 12.3. The van der Waals surface area contributed by atoms with Gasteiger partial charge in [0.05, 0.1) is 17.3 Å². The third-order valence-electron chi connectivity index (χ3n) is 6.61. The number of benzene rings is 2.